The van der Waals surface area contributed by atoms with Gasteiger partial charge in [-0.2, -0.15) is 0 Å². The van der Waals surface area contributed by atoms with Crippen LogP contribution < -0.4 is 10.1 Å². The van der Waals surface area contributed by atoms with Gasteiger partial charge in [0, 0.05) is 17.4 Å². The highest BCUT2D eigenvalue weighted by Crippen LogP contribution is 2.25. The molecule has 0 aliphatic rings. The number of hydrogen-bond acceptors (Lipinski definition) is 2. The van der Waals surface area contributed by atoms with Gasteiger partial charge >= 0.3 is 0 Å². The molecule has 0 aliphatic heterocycles. The third-order valence-corrected chi connectivity index (χ3v) is 3.54. The highest BCUT2D eigenvalue weighted by Gasteiger charge is 2.06. The third-order valence-electron chi connectivity index (χ3n) is 2.55. The van der Waals surface area contributed by atoms with Crippen molar-refractivity contribution < 1.29 is 4.74 Å². The van der Waals surface area contributed by atoms with Crippen LogP contribution in [0.3, 0.4) is 0 Å². The molecule has 0 saturated carbocycles. The molecule has 0 aromatic heterocycles. The highest BCUT2D eigenvalue weighted by molar-refractivity contribution is 9.10. The van der Waals surface area contributed by atoms with E-state index in [1.165, 1.54) is 5.56 Å². The minimum Gasteiger partial charge on any atom is -0.496 e. The molecule has 2 nitrogen and oxygen atoms in total. The van der Waals surface area contributed by atoms with Gasteiger partial charge in [0.1, 0.15) is 5.75 Å². The van der Waals surface area contributed by atoms with Gasteiger partial charge in [-0.05, 0) is 47.0 Å². The van der Waals surface area contributed by atoms with Crippen LogP contribution in [0.15, 0.2) is 22.7 Å². The van der Waals surface area contributed by atoms with Crippen molar-refractivity contribution >= 4 is 31.9 Å². The van der Waals surface area contributed by atoms with E-state index < -0.39 is 0 Å². The second-order valence-corrected chi connectivity index (χ2v) is 6.68. The fourth-order valence-electron chi connectivity index (χ4n) is 1.68. The molecular weight excluding hydrogens is 346 g/mol. The molecule has 0 bridgehead atoms. The van der Waals surface area contributed by atoms with Gasteiger partial charge in [0.15, 0.2) is 0 Å². The van der Waals surface area contributed by atoms with Crippen LogP contribution in [0.5, 0.6) is 5.75 Å². The van der Waals surface area contributed by atoms with Crippen LogP contribution in [0.4, 0.5) is 0 Å². The molecule has 2 unspecified atom stereocenters. The zero-order valence-corrected chi connectivity index (χ0v) is 13.6. The van der Waals surface area contributed by atoms with Crippen molar-refractivity contribution in [3.63, 3.8) is 0 Å². The molecule has 1 rings (SSSR count). The van der Waals surface area contributed by atoms with E-state index in [1.807, 2.05) is 6.07 Å². The number of hydrogen-bond donors (Lipinski definition) is 1. The third kappa shape index (κ3) is 5.40. The fourth-order valence-corrected chi connectivity index (χ4v) is 2.83. The first-order valence-electron chi connectivity index (χ1n) is 5.72. The Labute approximate surface area is 120 Å². The van der Waals surface area contributed by atoms with E-state index in [0.29, 0.717) is 10.9 Å². The number of nitrogens with one attached hydrogen (secondary N) is 1. The van der Waals surface area contributed by atoms with Crippen molar-refractivity contribution in [3.8, 4) is 5.75 Å². The van der Waals surface area contributed by atoms with Crippen molar-refractivity contribution in [3.05, 3.63) is 28.2 Å². The zero-order valence-electron chi connectivity index (χ0n) is 10.5. The summed E-state index contributed by atoms with van der Waals surface area (Å²) < 4.78 is 6.21. The van der Waals surface area contributed by atoms with Crippen LogP contribution in [0.1, 0.15) is 25.8 Å². The molecule has 1 aromatic carbocycles. The Bertz CT molecular complexity index is 355. The molecule has 17 heavy (non-hydrogen) atoms. The number of rotatable bonds is 6. The molecule has 0 amide bonds. The molecule has 0 aliphatic carbocycles. The Morgan fingerprint density at radius 2 is 2.06 bits per heavy atom. The number of benzene rings is 1. The molecule has 0 spiro atoms. The summed E-state index contributed by atoms with van der Waals surface area (Å²) in [4.78, 5) is 0.549. The van der Waals surface area contributed by atoms with Crippen molar-refractivity contribution in [1.82, 2.24) is 5.32 Å². The topological polar surface area (TPSA) is 21.3 Å². The van der Waals surface area contributed by atoms with Crippen LogP contribution in [-0.4, -0.2) is 18.0 Å². The lowest BCUT2D eigenvalue weighted by molar-refractivity contribution is 0.412. The van der Waals surface area contributed by atoms with Gasteiger partial charge in [-0.15, -0.1) is 0 Å². The lowest BCUT2D eigenvalue weighted by atomic mass is 10.1. The number of methoxy groups -OCH3 is 1. The number of alkyl halides is 1. The monoisotopic (exact) mass is 363 g/mol. The van der Waals surface area contributed by atoms with Crippen LogP contribution in [0.25, 0.3) is 0 Å². The molecule has 1 aromatic rings. The lowest BCUT2D eigenvalue weighted by Gasteiger charge is -2.15. The lowest BCUT2D eigenvalue weighted by Crippen LogP contribution is -2.27. The number of halogens is 2. The average molecular weight is 365 g/mol. The van der Waals surface area contributed by atoms with Crippen molar-refractivity contribution in [1.29, 1.82) is 0 Å². The van der Waals surface area contributed by atoms with Gasteiger partial charge in [-0.25, -0.2) is 0 Å². The summed E-state index contributed by atoms with van der Waals surface area (Å²) in [5.41, 5.74) is 1.26. The first-order chi connectivity index (χ1) is 8.02. The van der Waals surface area contributed by atoms with Crippen LogP contribution in [0, 0.1) is 0 Å². The minimum absolute atomic E-state index is 0.505. The zero-order chi connectivity index (χ0) is 12.8. The maximum absolute atomic E-state index is 5.20. The van der Waals surface area contributed by atoms with Crippen molar-refractivity contribution in [2.45, 2.75) is 37.7 Å². The summed E-state index contributed by atoms with van der Waals surface area (Å²) in [5, 5.41) is 3.50. The predicted octanol–water partition coefficient (Wildman–Crippen LogP) is 4.11. The molecule has 1 N–H and O–H groups in total. The minimum atomic E-state index is 0.505. The molecule has 0 heterocycles. The Hall–Kier alpha value is -0.0600. The van der Waals surface area contributed by atoms with Crippen LogP contribution in [-0.2, 0) is 6.54 Å². The smallest absolute Gasteiger partial charge is 0.133 e. The number of ether oxygens (including phenoxy) is 1. The second kappa shape index (κ2) is 7.39. The van der Waals surface area contributed by atoms with Gasteiger partial charge in [-0.3, -0.25) is 0 Å². The van der Waals surface area contributed by atoms with E-state index in [0.717, 1.165) is 23.2 Å². The largest absolute Gasteiger partial charge is 0.496 e. The maximum Gasteiger partial charge on any atom is 0.133 e. The van der Waals surface area contributed by atoms with E-state index in [1.54, 1.807) is 7.11 Å². The molecular formula is C13H19Br2NO. The maximum atomic E-state index is 5.20. The Morgan fingerprint density at radius 3 is 2.59 bits per heavy atom. The van der Waals surface area contributed by atoms with E-state index in [4.69, 9.17) is 4.74 Å². The Kier molecular flexibility index (Phi) is 6.52. The first-order valence-corrected chi connectivity index (χ1v) is 7.43. The summed E-state index contributed by atoms with van der Waals surface area (Å²) in [6.45, 7) is 5.25. The molecule has 0 saturated heterocycles. The molecule has 0 fully saturated rings. The normalized spacial score (nSPS) is 14.4. The Balaban J connectivity index is 2.49. The summed E-state index contributed by atoms with van der Waals surface area (Å²) >= 11 is 7.06. The molecule has 96 valence electrons. The van der Waals surface area contributed by atoms with E-state index in [-0.39, 0.29) is 0 Å². The van der Waals surface area contributed by atoms with E-state index in [2.05, 4.69) is 63.2 Å². The first kappa shape index (κ1) is 15.0. The fraction of sp³-hybridized carbons (Fsp3) is 0.538. The Morgan fingerprint density at radius 1 is 1.35 bits per heavy atom. The SMILES string of the molecule is COc1ccc(CNC(C)CC(C)Br)cc1Br. The average Bonchev–Trinajstić information content (AvgIpc) is 2.25. The molecule has 0 radical (unpaired) electrons. The van der Waals surface area contributed by atoms with Gasteiger partial charge < -0.3 is 10.1 Å². The van der Waals surface area contributed by atoms with Gasteiger partial charge in [0.05, 0.1) is 11.6 Å². The molecule has 4 heteroatoms. The predicted molar refractivity (Wildman–Crippen MR) is 80.0 cm³/mol. The quantitative estimate of drug-likeness (QED) is 0.767. The summed E-state index contributed by atoms with van der Waals surface area (Å²) in [6.07, 6.45) is 1.12. The summed E-state index contributed by atoms with van der Waals surface area (Å²) in [7, 11) is 1.68. The van der Waals surface area contributed by atoms with Crippen LogP contribution >= 0.6 is 31.9 Å². The van der Waals surface area contributed by atoms with E-state index in [9.17, 15) is 0 Å². The van der Waals surface area contributed by atoms with Crippen molar-refractivity contribution in [2.75, 3.05) is 7.11 Å². The van der Waals surface area contributed by atoms with Gasteiger partial charge in [0.2, 0.25) is 0 Å². The van der Waals surface area contributed by atoms with Crippen molar-refractivity contribution in [2.24, 2.45) is 0 Å². The summed E-state index contributed by atoms with van der Waals surface area (Å²) in [6, 6.07) is 6.67. The standard InChI is InChI=1S/C13H19Br2NO/c1-9(14)6-10(2)16-8-11-4-5-13(17-3)12(15)7-11/h4-5,7,9-10,16H,6,8H2,1-3H3. The summed E-state index contributed by atoms with van der Waals surface area (Å²) in [5.74, 6) is 0.871. The van der Waals surface area contributed by atoms with Gasteiger partial charge in [0.25, 0.3) is 0 Å². The van der Waals surface area contributed by atoms with E-state index >= 15 is 0 Å². The van der Waals surface area contributed by atoms with Gasteiger partial charge in [-0.1, -0.05) is 28.9 Å². The second-order valence-electron chi connectivity index (χ2n) is 4.27. The highest BCUT2D eigenvalue weighted by atomic mass is 79.9. The van der Waals surface area contributed by atoms with Crippen LogP contribution in [0.2, 0.25) is 0 Å². The molecule has 2 atom stereocenters.